The Labute approximate surface area is 114 Å². The Bertz CT molecular complexity index is 241. The van der Waals surface area contributed by atoms with Crippen molar-refractivity contribution in [2.75, 3.05) is 20.1 Å². The Balaban J connectivity index is 1.80. The molecule has 1 saturated heterocycles. The standard InChI is InChI=1S/C16H32N2/c1-4-14-9-10-17-15(11-14)12-18(3)16-8-6-5-7-13(16)2/h13-17H,4-12H2,1-3H3. The number of nitrogens with zero attached hydrogens (tertiary/aromatic N) is 1. The molecule has 0 bridgehead atoms. The van der Waals surface area contributed by atoms with Crippen LogP contribution in [0.15, 0.2) is 0 Å². The van der Waals surface area contributed by atoms with Crippen LogP contribution >= 0.6 is 0 Å². The summed E-state index contributed by atoms with van der Waals surface area (Å²) in [4.78, 5) is 2.65. The highest BCUT2D eigenvalue weighted by molar-refractivity contribution is 4.85. The van der Waals surface area contributed by atoms with E-state index in [-0.39, 0.29) is 0 Å². The predicted octanol–water partition coefficient (Wildman–Crippen LogP) is 3.28. The van der Waals surface area contributed by atoms with Crippen molar-refractivity contribution < 1.29 is 0 Å². The lowest BCUT2D eigenvalue weighted by Gasteiger charge is -2.40. The van der Waals surface area contributed by atoms with Gasteiger partial charge in [0.05, 0.1) is 0 Å². The highest BCUT2D eigenvalue weighted by Crippen LogP contribution is 2.28. The molecule has 0 spiro atoms. The fourth-order valence-corrected chi connectivity index (χ4v) is 4.04. The van der Waals surface area contributed by atoms with Crippen LogP contribution in [-0.2, 0) is 0 Å². The highest BCUT2D eigenvalue weighted by Gasteiger charge is 2.28. The quantitative estimate of drug-likeness (QED) is 0.826. The molecule has 2 nitrogen and oxygen atoms in total. The number of likely N-dealkylation sites (N-methyl/N-ethyl adjacent to an activating group) is 1. The Morgan fingerprint density at radius 1 is 1.17 bits per heavy atom. The van der Waals surface area contributed by atoms with Crippen molar-refractivity contribution in [1.29, 1.82) is 0 Å². The van der Waals surface area contributed by atoms with E-state index in [1.807, 2.05) is 0 Å². The molecular weight excluding hydrogens is 220 g/mol. The lowest BCUT2D eigenvalue weighted by molar-refractivity contribution is 0.116. The van der Waals surface area contributed by atoms with Gasteiger partial charge in [0.2, 0.25) is 0 Å². The second kappa shape index (κ2) is 6.91. The predicted molar refractivity (Wildman–Crippen MR) is 78.9 cm³/mol. The Kier molecular flexibility index (Phi) is 5.50. The minimum atomic E-state index is 0.739. The van der Waals surface area contributed by atoms with E-state index in [1.54, 1.807) is 0 Å². The van der Waals surface area contributed by atoms with Crippen LogP contribution in [-0.4, -0.2) is 37.1 Å². The van der Waals surface area contributed by atoms with Crippen molar-refractivity contribution in [2.24, 2.45) is 11.8 Å². The van der Waals surface area contributed by atoms with E-state index < -0.39 is 0 Å². The van der Waals surface area contributed by atoms with Gasteiger partial charge in [0.15, 0.2) is 0 Å². The molecule has 106 valence electrons. The Morgan fingerprint density at radius 3 is 2.67 bits per heavy atom. The summed E-state index contributed by atoms with van der Waals surface area (Å²) in [7, 11) is 2.35. The molecule has 2 heteroatoms. The second-order valence-electron chi connectivity index (χ2n) is 6.72. The fraction of sp³-hybridized carbons (Fsp3) is 1.00. The van der Waals surface area contributed by atoms with E-state index >= 15 is 0 Å². The largest absolute Gasteiger partial charge is 0.313 e. The van der Waals surface area contributed by atoms with Gasteiger partial charge in [0.25, 0.3) is 0 Å². The van der Waals surface area contributed by atoms with Gasteiger partial charge in [-0.05, 0) is 51.1 Å². The van der Waals surface area contributed by atoms with Gasteiger partial charge in [-0.15, -0.1) is 0 Å². The van der Waals surface area contributed by atoms with Gasteiger partial charge in [-0.25, -0.2) is 0 Å². The van der Waals surface area contributed by atoms with Crippen LogP contribution in [0.25, 0.3) is 0 Å². The monoisotopic (exact) mass is 252 g/mol. The molecule has 4 atom stereocenters. The first-order valence-electron chi connectivity index (χ1n) is 8.14. The van der Waals surface area contributed by atoms with Gasteiger partial charge in [0.1, 0.15) is 0 Å². The number of rotatable bonds is 4. The highest BCUT2D eigenvalue weighted by atomic mass is 15.2. The number of hydrogen-bond donors (Lipinski definition) is 1. The molecule has 4 unspecified atom stereocenters. The lowest BCUT2D eigenvalue weighted by Crippen LogP contribution is -2.49. The molecule has 1 saturated carbocycles. The smallest absolute Gasteiger partial charge is 0.0197 e. The molecule has 2 rings (SSSR count). The van der Waals surface area contributed by atoms with Crippen LogP contribution in [0.4, 0.5) is 0 Å². The molecule has 1 aliphatic heterocycles. The molecular formula is C16H32N2. The summed E-state index contributed by atoms with van der Waals surface area (Å²) >= 11 is 0. The van der Waals surface area contributed by atoms with Crippen molar-refractivity contribution in [1.82, 2.24) is 10.2 Å². The molecule has 0 amide bonds. The average Bonchev–Trinajstić information content (AvgIpc) is 2.39. The van der Waals surface area contributed by atoms with E-state index in [1.165, 1.54) is 58.0 Å². The lowest BCUT2D eigenvalue weighted by atomic mass is 9.84. The molecule has 1 N–H and O–H groups in total. The van der Waals surface area contributed by atoms with E-state index in [4.69, 9.17) is 0 Å². The van der Waals surface area contributed by atoms with Crippen molar-refractivity contribution in [2.45, 2.75) is 70.9 Å². The van der Waals surface area contributed by atoms with Crippen LogP contribution < -0.4 is 5.32 Å². The number of nitrogens with one attached hydrogen (secondary N) is 1. The summed E-state index contributed by atoms with van der Waals surface area (Å²) in [5, 5.41) is 3.73. The van der Waals surface area contributed by atoms with E-state index in [2.05, 4.69) is 31.1 Å². The minimum absolute atomic E-state index is 0.739. The van der Waals surface area contributed by atoms with Crippen molar-refractivity contribution in [3.63, 3.8) is 0 Å². The third-order valence-electron chi connectivity index (χ3n) is 5.32. The first-order valence-corrected chi connectivity index (χ1v) is 8.14. The fourth-order valence-electron chi connectivity index (χ4n) is 4.04. The second-order valence-corrected chi connectivity index (χ2v) is 6.72. The SMILES string of the molecule is CCC1CCNC(CN(C)C2CCCCC2C)C1. The molecule has 18 heavy (non-hydrogen) atoms. The van der Waals surface area contributed by atoms with Gasteiger partial charge < -0.3 is 10.2 Å². The van der Waals surface area contributed by atoms with E-state index in [9.17, 15) is 0 Å². The van der Waals surface area contributed by atoms with E-state index in [0.717, 1.165) is 23.9 Å². The molecule has 0 aromatic heterocycles. The average molecular weight is 252 g/mol. The van der Waals surface area contributed by atoms with Gasteiger partial charge >= 0.3 is 0 Å². The maximum absolute atomic E-state index is 3.73. The van der Waals surface area contributed by atoms with Crippen LogP contribution in [0.2, 0.25) is 0 Å². The Hall–Kier alpha value is -0.0800. The summed E-state index contributed by atoms with van der Waals surface area (Å²) in [5.74, 6) is 1.86. The molecule has 1 aliphatic carbocycles. The summed E-state index contributed by atoms with van der Waals surface area (Å²) in [6.07, 6.45) is 9.88. The van der Waals surface area contributed by atoms with Crippen molar-refractivity contribution in [3.05, 3.63) is 0 Å². The zero-order valence-corrected chi connectivity index (χ0v) is 12.6. The van der Waals surface area contributed by atoms with E-state index in [0.29, 0.717) is 0 Å². The van der Waals surface area contributed by atoms with Gasteiger partial charge in [-0.1, -0.05) is 33.1 Å². The van der Waals surface area contributed by atoms with Crippen LogP contribution in [0.5, 0.6) is 0 Å². The summed E-state index contributed by atoms with van der Waals surface area (Å²) in [6.45, 7) is 7.28. The zero-order chi connectivity index (χ0) is 13.0. The summed E-state index contributed by atoms with van der Waals surface area (Å²) < 4.78 is 0. The zero-order valence-electron chi connectivity index (χ0n) is 12.6. The Morgan fingerprint density at radius 2 is 1.94 bits per heavy atom. The summed E-state index contributed by atoms with van der Waals surface area (Å²) in [5.41, 5.74) is 0. The number of piperidine rings is 1. The first-order chi connectivity index (χ1) is 8.70. The molecule has 2 aliphatic rings. The molecule has 0 aromatic rings. The minimum Gasteiger partial charge on any atom is -0.313 e. The third kappa shape index (κ3) is 3.71. The van der Waals surface area contributed by atoms with Gasteiger partial charge in [-0.3, -0.25) is 0 Å². The maximum Gasteiger partial charge on any atom is 0.0197 e. The molecule has 0 aromatic carbocycles. The normalized spacial score (nSPS) is 38.0. The van der Waals surface area contributed by atoms with Gasteiger partial charge in [0, 0.05) is 18.6 Å². The van der Waals surface area contributed by atoms with Crippen LogP contribution in [0.1, 0.15) is 58.8 Å². The first kappa shape index (κ1) is 14.3. The van der Waals surface area contributed by atoms with Crippen molar-refractivity contribution >= 4 is 0 Å². The van der Waals surface area contributed by atoms with Crippen molar-refractivity contribution in [3.8, 4) is 0 Å². The molecule has 0 radical (unpaired) electrons. The topological polar surface area (TPSA) is 15.3 Å². The molecule has 2 fully saturated rings. The molecule has 1 heterocycles. The summed E-state index contributed by atoms with van der Waals surface area (Å²) in [6, 6.07) is 1.57. The van der Waals surface area contributed by atoms with Crippen LogP contribution in [0.3, 0.4) is 0 Å². The van der Waals surface area contributed by atoms with Crippen LogP contribution in [0, 0.1) is 11.8 Å². The number of hydrogen-bond acceptors (Lipinski definition) is 2. The third-order valence-corrected chi connectivity index (χ3v) is 5.32. The van der Waals surface area contributed by atoms with Gasteiger partial charge in [-0.2, -0.15) is 0 Å². The maximum atomic E-state index is 3.73.